The minimum Gasteiger partial charge on any atom is -0.396 e. The van der Waals surface area contributed by atoms with E-state index in [1.54, 1.807) is 0 Å². The van der Waals surface area contributed by atoms with Crippen LogP contribution < -0.4 is 5.32 Å². The van der Waals surface area contributed by atoms with Crippen LogP contribution in [0.2, 0.25) is 0 Å². The monoisotopic (exact) mass is 380 g/mol. The molecular formula is C21H40N2O2Si. The second-order valence-corrected chi connectivity index (χ2v) is 13.0. The summed E-state index contributed by atoms with van der Waals surface area (Å²) >= 11 is 0. The third-order valence-corrected chi connectivity index (χ3v) is 12.9. The third kappa shape index (κ3) is 3.22. The van der Waals surface area contributed by atoms with Crippen LogP contribution in [0.1, 0.15) is 64.2 Å². The molecular weight excluding hydrogens is 340 g/mol. The van der Waals surface area contributed by atoms with Gasteiger partial charge in [-0.05, 0) is 69.5 Å². The Bertz CT molecular complexity index is 471. The molecule has 4 fully saturated rings. The maximum absolute atomic E-state index is 6.55. The molecule has 0 aromatic carbocycles. The summed E-state index contributed by atoms with van der Waals surface area (Å²) in [5.41, 5.74) is 0.972. The maximum atomic E-state index is 6.55. The van der Waals surface area contributed by atoms with Crippen LogP contribution in [0.4, 0.5) is 0 Å². The van der Waals surface area contributed by atoms with Crippen LogP contribution in [-0.4, -0.2) is 59.1 Å². The van der Waals surface area contributed by atoms with E-state index >= 15 is 0 Å². The molecule has 0 aromatic heterocycles. The molecule has 6 unspecified atom stereocenters. The lowest BCUT2D eigenvalue weighted by atomic mass is 9.75. The molecule has 2 aliphatic heterocycles. The lowest BCUT2D eigenvalue weighted by Crippen LogP contribution is -2.76. The number of fused-ring (bicyclic) bond motifs is 2. The van der Waals surface area contributed by atoms with Crippen molar-refractivity contribution in [1.29, 1.82) is 0 Å². The Kier molecular flexibility index (Phi) is 6.11. The van der Waals surface area contributed by atoms with Crippen LogP contribution in [-0.2, 0) is 8.85 Å². The highest BCUT2D eigenvalue weighted by atomic mass is 28.4. The van der Waals surface area contributed by atoms with E-state index in [2.05, 4.69) is 17.3 Å². The summed E-state index contributed by atoms with van der Waals surface area (Å²) in [5, 5.41) is 3.96. The Hall–Kier alpha value is 0.0569. The maximum Gasteiger partial charge on any atom is 0.373 e. The molecule has 4 rings (SSSR count). The number of nitrogens with one attached hydrogen (secondary N) is 1. The van der Waals surface area contributed by atoms with Gasteiger partial charge in [0.2, 0.25) is 0 Å². The molecule has 4 aliphatic rings. The number of likely N-dealkylation sites (tertiary alicyclic amines) is 1. The van der Waals surface area contributed by atoms with E-state index in [1.165, 1.54) is 70.8 Å². The smallest absolute Gasteiger partial charge is 0.373 e. The van der Waals surface area contributed by atoms with Crippen LogP contribution in [0.25, 0.3) is 0 Å². The van der Waals surface area contributed by atoms with Crippen molar-refractivity contribution in [1.82, 2.24) is 10.2 Å². The minimum absolute atomic E-state index is 0.463. The van der Waals surface area contributed by atoms with E-state index in [4.69, 9.17) is 8.85 Å². The molecule has 2 aliphatic carbocycles. The van der Waals surface area contributed by atoms with Gasteiger partial charge in [0.25, 0.3) is 0 Å². The Morgan fingerprint density at radius 2 is 1.42 bits per heavy atom. The average Bonchev–Trinajstić information content (AvgIpc) is 2.70. The SMILES string of the molecule is CO[Si](OC)(C1NCCC2CCCCC21)C1C2CCCCC2CCN1C. The molecule has 0 spiro atoms. The van der Waals surface area contributed by atoms with Gasteiger partial charge in [-0.15, -0.1) is 0 Å². The van der Waals surface area contributed by atoms with Crippen molar-refractivity contribution in [2.75, 3.05) is 34.4 Å². The lowest BCUT2D eigenvalue weighted by Gasteiger charge is -2.56. The zero-order chi connectivity index (χ0) is 18.1. The molecule has 2 heterocycles. The zero-order valence-corrected chi connectivity index (χ0v) is 18.2. The Labute approximate surface area is 161 Å². The topological polar surface area (TPSA) is 33.7 Å². The molecule has 5 heteroatoms. The Morgan fingerprint density at radius 1 is 0.808 bits per heavy atom. The van der Waals surface area contributed by atoms with Crippen LogP contribution in [0.15, 0.2) is 0 Å². The molecule has 0 radical (unpaired) electrons. The standard InChI is InChI=1S/C21H40N2O2Si/c1-23-15-13-17-9-5-7-11-19(17)21(23)26(24-2,25-3)20-18-10-6-4-8-16(18)12-14-22-20/h16-22H,4-15H2,1-3H3. The quantitative estimate of drug-likeness (QED) is 0.757. The first-order chi connectivity index (χ1) is 12.7. The number of piperidine rings is 2. The van der Waals surface area contributed by atoms with E-state index in [9.17, 15) is 0 Å². The van der Waals surface area contributed by atoms with E-state index in [0.717, 1.165) is 30.2 Å². The summed E-state index contributed by atoms with van der Waals surface area (Å²) in [6.45, 7) is 2.37. The molecule has 0 bridgehead atoms. The molecule has 1 N–H and O–H groups in total. The van der Waals surface area contributed by atoms with Crippen molar-refractivity contribution in [3.63, 3.8) is 0 Å². The second kappa shape index (κ2) is 8.20. The van der Waals surface area contributed by atoms with E-state index in [1.807, 2.05) is 14.2 Å². The van der Waals surface area contributed by atoms with Crippen molar-refractivity contribution in [3.8, 4) is 0 Å². The van der Waals surface area contributed by atoms with Gasteiger partial charge in [-0.3, -0.25) is 0 Å². The van der Waals surface area contributed by atoms with Crippen LogP contribution in [0.3, 0.4) is 0 Å². The van der Waals surface area contributed by atoms with Crippen LogP contribution in [0.5, 0.6) is 0 Å². The molecule has 6 atom stereocenters. The normalized spacial score (nSPS) is 42.1. The van der Waals surface area contributed by atoms with Gasteiger partial charge < -0.3 is 19.1 Å². The van der Waals surface area contributed by atoms with Gasteiger partial charge in [-0.1, -0.05) is 38.5 Å². The lowest BCUT2D eigenvalue weighted by molar-refractivity contribution is 0.0312. The predicted octanol–water partition coefficient (Wildman–Crippen LogP) is 3.48. The largest absolute Gasteiger partial charge is 0.396 e. The van der Waals surface area contributed by atoms with Gasteiger partial charge in [0.1, 0.15) is 0 Å². The molecule has 0 aromatic rings. The molecule has 26 heavy (non-hydrogen) atoms. The van der Waals surface area contributed by atoms with Gasteiger partial charge in [-0.25, -0.2) is 0 Å². The van der Waals surface area contributed by atoms with Gasteiger partial charge in [0.05, 0.1) is 11.3 Å². The van der Waals surface area contributed by atoms with E-state index in [0.29, 0.717) is 11.3 Å². The summed E-state index contributed by atoms with van der Waals surface area (Å²) in [5.74, 6) is 3.33. The van der Waals surface area contributed by atoms with Crippen molar-refractivity contribution in [3.05, 3.63) is 0 Å². The molecule has 4 nitrogen and oxygen atoms in total. The first-order valence-corrected chi connectivity index (χ1v) is 13.2. The molecule has 2 saturated heterocycles. The Morgan fingerprint density at radius 3 is 2.12 bits per heavy atom. The minimum atomic E-state index is -2.41. The summed E-state index contributed by atoms with van der Waals surface area (Å²) in [7, 11) is 3.86. The highest BCUT2D eigenvalue weighted by Crippen LogP contribution is 2.47. The number of nitrogens with zero attached hydrogens (tertiary/aromatic N) is 1. The summed E-state index contributed by atoms with van der Waals surface area (Å²) in [6.07, 6.45) is 14.0. The summed E-state index contributed by atoms with van der Waals surface area (Å²) < 4.78 is 13.1. The average molecular weight is 381 g/mol. The van der Waals surface area contributed by atoms with Gasteiger partial charge in [0.15, 0.2) is 0 Å². The van der Waals surface area contributed by atoms with Gasteiger partial charge in [0, 0.05) is 14.2 Å². The fourth-order valence-electron chi connectivity index (χ4n) is 7.26. The molecule has 2 saturated carbocycles. The molecule has 150 valence electrons. The molecule has 0 amide bonds. The van der Waals surface area contributed by atoms with E-state index < -0.39 is 8.56 Å². The van der Waals surface area contributed by atoms with E-state index in [-0.39, 0.29) is 0 Å². The van der Waals surface area contributed by atoms with Gasteiger partial charge >= 0.3 is 8.56 Å². The predicted molar refractivity (Wildman–Crippen MR) is 108 cm³/mol. The highest BCUT2D eigenvalue weighted by molar-refractivity contribution is 6.71. The highest BCUT2D eigenvalue weighted by Gasteiger charge is 2.61. The third-order valence-electron chi connectivity index (χ3n) is 8.46. The van der Waals surface area contributed by atoms with Crippen molar-refractivity contribution >= 4 is 8.56 Å². The fraction of sp³-hybridized carbons (Fsp3) is 1.00. The van der Waals surface area contributed by atoms with Gasteiger partial charge in [-0.2, -0.15) is 0 Å². The number of rotatable bonds is 4. The zero-order valence-electron chi connectivity index (χ0n) is 17.2. The first kappa shape index (κ1) is 19.4. The number of hydrogen-bond donors (Lipinski definition) is 1. The van der Waals surface area contributed by atoms with Crippen molar-refractivity contribution in [2.45, 2.75) is 75.5 Å². The van der Waals surface area contributed by atoms with Crippen LogP contribution >= 0.6 is 0 Å². The number of hydrogen-bond acceptors (Lipinski definition) is 4. The van der Waals surface area contributed by atoms with Crippen molar-refractivity contribution < 1.29 is 8.85 Å². The fourth-order valence-corrected chi connectivity index (χ4v) is 12.0. The first-order valence-electron chi connectivity index (χ1n) is 11.2. The second-order valence-electron chi connectivity index (χ2n) is 9.48. The summed E-state index contributed by atoms with van der Waals surface area (Å²) in [6, 6.07) is 0. The Balaban J connectivity index is 1.67. The van der Waals surface area contributed by atoms with Crippen molar-refractivity contribution in [2.24, 2.45) is 23.7 Å². The van der Waals surface area contributed by atoms with Crippen LogP contribution in [0, 0.1) is 23.7 Å². The summed E-state index contributed by atoms with van der Waals surface area (Å²) in [4.78, 5) is 2.64.